The molecule has 0 spiro atoms. The Hall–Kier alpha value is -3.12. The van der Waals surface area contributed by atoms with Crippen LogP contribution in [-0.2, 0) is 24.2 Å². The molecule has 2 aliphatic heterocycles. The van der Waals surface area contributed by atoms with E-state index in [1.165, 1.54) is 16.8 Å². The minimum Gasteiger partial charge on any atom is -0.357 e. The van der Waals surface area contributed by atoms with Gasteiger partial charge in [-0.05, 0) is 60.9 Å². The van der Waals surface area contributed by atoms with Gasteiger partial charge in [0.1, 0.15) is 6.04 Å². The fraction of sp³-hybridized carbons (Fsp3) is 0.529. The fourth-order valence-corrected chi connectivity index (χ4v) is 7.06. The van der Waals surface area contributed by atoms with Crippen molar-refractivity contribution in [3.05, 3.63) is 82.6 Å². The maximum absolute atomic E-state index is 14.0. The molecule has 2 saturated heterocycles. The maximum Gasteiger partial charge on any atom is 0.254 e. The summed E-state index contributed by atoms with van der Waals surface area (Å²) < 4.78 is 0. The number of rotatable bonds is 8. The lowest BCUT2D eigenvalue weighted by Gasteiger charge is -2.47. The maximum atomic E-state index is 14.0. The van der Waals surface area contributed by atoms with Crippen LogP contribution in [0.3, 0.4) is 0 Å². The Labute approximate surface area is 240 Å². The average molecular weight is 543 g/mol. The standard InChI is InChI=1S/C34H46N4O2/c1-5-12-30-31(28-21-25-13-8-9-14-26(25)22-28)35-33(39)32(24(6-2)7-3)38(30)23-27-15-10-11-16-29(27)34(40)37-19-17-36(4)18-20-37/h8-16,24,28,31-32H,5-7,17-23H2,1-4H3,(H,35,39). The van der Waals surface area contributed by atoms with Crippen molar-refractivity contribution < 1.29 is 9.59 Å². The predicted octanol–water partition coefficient (Wildman–Crippen LogP) is 4.89. The number of likely N-dealkylation sites (N-methyl/N-ethyl adjacent to an activating group) is 1. The molecule has 2 unspecified atom stereocenters. The summed E-state index contributed by atoms with van der Waals surface area (Å²) in [7, 11) is 2.11. The van der Waals surface area contributed by atoms with Gasteiger partial charge < -0.3 is 20.0 Å². The zero-order valence-corrected chi connectivity index (χ0v) is 24.7. The highest BCUT2D eigenvalue weighted by Crippen LogP contribution is 2.37. The van der Waals surface area contributed by atoms with E-state index in [-0.39, 0.29) is 29.8 Å². The highest BCUT2D eigenvalue weighted by atomic mass is 16.2. The van der Waals surface area contributed by atoms with E-state index in [2.05, 4.69) is 79.3 Å². The van der Waals surface area contributed by atoms with E-state index in [1.54, 1.807) is 0 Å². The molecule has 3 aliphatic rings. The van der Waals surface area contributed by atoms with Crippen molar-refractivity contribution in [3.8, 4) is 0 Å². The number of allylic oxidation sites excluding steroid dienone is 1. The SMILES string of the molecule is CCC=C1C(C2Cc3ccccc3C2)NC(=O)C(C(CC)CC)N1Cc1ccccc1C(=O)N1CCN(C)CC1. The number of piperazine rings is 2. The first-order chi connectivity index (χ1) is 19.4. The van der Waals surface area contributed by atoms with Crippen LogP contribution in [0, 0.1) is 11.8 Å². The second kappa shape index (κ2) is 12.6. The van der Waals surface area contributed by atoms with Gasteiger partial charge in [0.15, 0.2) is 0 Å². The van der Waals surface area contributed by atoms with Gasteiger partial charge in [-0.3, -0.25) is 9.59 Å². The van der Waals surface area contributed by atoms with Gasteiger partial charge in [0.05, 0.1) is 6.04 Å². The third-order valence-corrected chi connectivity index (χ3v) is 9.39. The first-order valence-corrected chi connectivity index (χ1v) is 15.3. The Bertz CT molecular complexity index is 1200. The van der Waals surface area contributed by atoms with Crippen LogP contribution >= 0.6 is 0 Å². The number of hydrogen-bond acceptors (Lipinski definition) is 4. The normalized spacial score (nSPS) is 23.1. The highest BCUT2D eigenvalue weighted by Gasteiger charge is 2.44. The molecule has 0 radical (unpaired) electrons. The molecule has 0 bridgehead atoms. The zero-order valence-electron chi connectivity index (χ0n) is 24.7. The third-order valence-electron chi connectivity index (χ3n) is 9.39. The van der Waals surface area contributed by atoms with Crippen LogP contribution in [0.1, 0.15) is 67.1 Å². The number of carbonyl (C=O) groups is 2. The van der Waals surface area contributed by atoms with Gasteiger partial charge in [0.25, 0.3) is 5.91 Å². The molecule has 214 valence electrons. The van der Waals surface area contributed by atoms with Crippen molar-refractivity contribution in [1.82, 2.24) is 20.0 Å². The minimum absolute atomic E-state index is 0.0362. The summed E-state index contributed by atoms with van der Waals surface area (Å²) in [6.07, 6.45) is 7.05. The molecular formula is C34H46N4O2. The van der Waals surface area contributed by atoms with E-state index in [9.17, 15) is 9.59 Å². The van der Waals surface area contributed by atoms with Gasteiger partial charge in [-0.25, -0.2) is 0 Å². The van der Waals surface area contributed by atoms with Crippen LogP contribution in [0.25, 0.3) is 0 Å². The van der Waals surface area contributed by atoms with E-state index in [0.717, 1.165) is 69.4 Å². The summed E-state index contributed by atoms with van der Waals surface area (Å²) in [6.45, 7) is 10.4. The molecule has 1 aliphatic carbocycles. The summed E-state index contributed by atoms with van der Waals surface area (Å²) >= 11 is 0. The fourth-order valence-electron chi connectivity index (χ4n) is 7.06. The Balaban J connectivity index is 1.50. The molecule has 5 rings (SSSR count). The Kier molecular flexibility index (Phi) is 8.94. The molecule has 6 heteroatoms. The molecule has 1 N–H and O–H groups in total. The summed E-state index contributed by atoms with van der Waals surface area (Å²) in [5.41, 5.74) is 5.79. The summed E-state index contributed by atoms with van der Waals surface area (Å²) in [6, 6.07) is 16.5. The molecule has 2 atom stereocenters. The quantitative estimate of drug-likeness (QED) is 0.516. The number of nitrogens with one attached hydrogen (secondary N) is 1. The van der Waals surface area contributed by atoms with Crippen molar-refractivity contribution in [3.63, 3.8) is 0 Å². The average Bonchev–Trinajstić information content (AvgIpc) is 3.41. The van der Waals surface area contributed by atoms with Crippen molar-refractivity contribution in [2.45, 2.75) is 71.5 Å². The van der Waals surface area contributed by atoms with Crippen LogP contribution in [0.4, 0.5) is 0 Å². The third kappa shape index (κ3) is 5.69. The predicted molar refractivity (Wildman–Crippen MR) is 161 cm³/mol. The van der Waals surface area contributed by atoms with Gasteiger partial charge >= 0.3 is 0 Å². The number of carbonyl (C=O) groups excluding carboxylic acids is 2. The van der Waals surface area contributed by atoms with Crippen LogP contribution < -0.4 is 5.32 Å². The van der Waals surface area contributed by atoms with E-state index in [1.807, 2.05) is 23.1 Å². The Morgan fingerprint density at radius 3 is 2.20 bits per heavy atom. The summed E-state index contributed by atoms with van der Waals surface area (Å²) in [5, 5.41) is 3.51. The monoisotopic (exact) mass is 542 g/mol. The van der Waals surface area contributed by atoms with Gasteiger partial charge in [-0.15, -0.1) is 0 Å². The smallest absolute Gasteiger partial charge is 0.254 e. The molecule has 0 aromatic heterocycles. The lowest BCUT2D eigenvalue weighted by Crippen LogP contribution is -2.62. The van der Waals surface area contributed by atoms with E-state index >= 15 is 0 Å². The van der Waals surface area contributed by atoms with Crippen LogP contribution in [0.2, 0.25) is 0 Å². The van der Waals surface area contributed by atoms with Crippen molar-refractivity contribution in [1.29, 1.82) is 0 Å². The van der Waals surface area contributed by atoms with E-state index < -0.39 is 0 Å². The minimum atomic E-state index is -0.250. The number of hydrogen-bond donors (Lipinski definition) is 1. The lowest BCUT2D eigenvalue weighted by atomic mass is 9.84. The first kappa shape index (κ1) is 28.4. The van der Waals surface area contributed by atoms with Gasteiger partial charge in [0.2, 0.25) is 5.91 Å². The lowest BCUT2D eigenvalue weighted by molar-refractivity contribution is -0.132. The molecule has 2 aromatic rings. The van der Waals surface area contributed by atoms with Crippen molar-refractivity contribution in [2.75, 3.05) is 33.2 Å². The molecule has 6 nitrogen and oxygen atoms in total. The second-order valence-electron chi connectivity index (χ2n) is 11.9. The summed E-state index contributed by atoms with van der Waals surface area (Å²) in [5.74, 6) is 0.799. The molecule has 40 heavy (non-hydrogen) atoms. The number of nitrogens with zero attached hydrogens (tertiary/aromatic N) is 3. The Morgan fingerprint density at radius 1 is 0.950 bits per heavy atom. The van der Waals surface area contributed by atoms with Gasteiger partial charge in [0, 0.05) is 44.0 Å². The van der Waals surface area contributed by atoms with E-state index in [4.69, 9.17) is 0 Å². The van der Waals surface area contributed by atoms with Gasteiger partial charge in [-0.2, -0.15) is 0 Å². The van der Waals surface area contributed by atoms with Crippen LogP contribution in [0.15, 0.2) is 60.3 Å². The molecule has 2 amide bonds. The largest absolute Gasteiger partial charge is 0.357 e. The number of fused-ring (bicyclic) bond motifs is 1. The first-order valence-electron chi connectivity index (χ1n) is 15.3. The van der Waals surface area contributed by atoms with Crippen LogP contribution in [-0.4, -0.2) is 71.8 Å². The van der Waals surface area contributed by atoms with Crippen molar-refractivity contribution >= 4 is 11.8 Å². The van der Waals surface area contributed by atoms with Gasteiger partial charge in [-0.1, -0.05) is 82.2 Å². The molecule has 0 saturated carbocycles. The molecular weight excluding hydrogens is 496 g/mol. The highest BCUT2D eigenvalue weighted by molar-refractivity contribution is 5.96. The number of amides is 2. The molecule has 2 fully saturated rings. The van der Waals surface area contributed by atoms with Crippen molar-refractivity contribution in [2.24, 2.45) is 11.8 Å². The van der Waals surface area contributed by atoms with E-state index in [0.29, 0.717) is 12.5 Å². The summed E-state index contributed by atoms with van der Waals surface area (Å²) in [4.78, 5) is 34.4. The zero-order chi connectivity index (χ0) is 28.2. The number of benzene rings is 2. The second-order valence-corrected chi connectivity index (χ2v) is 11.9. The topological polar surface area (TPSA) is 55.9 Å². The molecule has 2 aromatic carbocycles. The Morgan fingerprint density at radius 2 is 1.57 bits per heavy atom. The van der Waals surface area contributed by atoms with Crippen LogP contribution in [0.5, 0.6) is 0 Å². The molecule has 2 heterocycles.